The lowest BCUT2D eigenvalue weighted by molar-refractivity contribution is 0.0340. The predicted molar refractivity (Wildman–Crippen MR) is 92.2 cm³/mol. The first-order valence-corrected chi connectivity index (χ1v) is 8.09. The summed E-state index contributed by atoms with van der Waals surface area (Å²) in [7, 11) is 0. The molecule has 8 heteroatoms. The van der Waals surface area contributed by atoms with Gasteiger partial charge in [0.1, 0.15) is 0 Å². The summed E-state index contributed by atoms with van der Waals surface area (Å²) in [5, 5.41) is 4.27. The second-order valence-corrected chi connectivity index (χ2v) is 5.43. The standard InChI is InChI=1S/C17H20N4O4/c18-20-19-9-5-1-2-6-10-24-17(23)25-13-21-11-14(12-22)15-7-3-4-8-16(15)21/h3-4,7-8,11-12H,1-2,5-6,9-10,13H2. The molecule has 0 saturated carbocycles. The summed E-state index contributed by atoms with van der Waals surface area (Å²) >= 11 is 0. The van der Waals surface area contributed by atoms with Gasteiger partial charge in [0.2, 0.25) is 0 Å². The molecule has 0 amide bonds. The van der Waals surface area contributed by atoms with Gasteiger partial charge in [-0.15, -0.1) is 0 Å². The summed E-state index contributed by atoms with van der Waals surface area (Å²) < 4.78 is 11.8. The predicted octanol–water partition coefficient (Wildman–Crippen LogP) is 4.44. The van der Waals surface area contributed by atoms with Gasteiger partial charge in [-0.2, -0.15) is 0 Å². The van der Waals surface area contributed by atoms with E-state index in [9.17, 15) is 9.59 Å². The van der Waals surface area contributed by atoms with E-state index in [1.165, 1.54) is 0 Å². The highest BCUT2D eigenvalue weighted by atomic mass is 16.7. The van der Waals surface area contributed by atoms with Gasteiger partial charge in [0.05, 0.1) is 12.1 Å². The van der Waals surface area contributed by atoms with Crippen LogP contribution in [-0.4, -0.2) is 30.2 Å². The van der Waals surface area contributed by atoms with Gasteiger partial charge in [0, 0.05) is 28.6 Å². The maximum atomic E-state index is 11.6. The molecule has 0 saturated heterocycles. The zero-order chi connectivity index (χ0) is 17.9. The molecule has 0 aliphatic heterocycles. The number of benzene rings is 1. The average Bonchev–Trinajstić information content (AvgIpc) is 3.00. The lowest BCUT2D eigenvalue weighted by Gasteiger charge is -2.08. The van der Waals surface area contributed by atoms with Crippen LogP contribution in [0.1, 0.15) is 36.0 Å². The Balaban J connectivity index is 1.70. The van der Waals surface area contributed by atoms with Gasteiger partial charge in [0.15, 0.2) is 13.0 Å². The van der Waals surface area contributed by atoms with Crippen molar-refractivity contribution in [3.8, 4) is 0 Å². The van der Waals surface area contributed by atoms with Crippen molar-refractivity contribution < 1.29 is 19.1 Å². The topological polar surface area (TPSA) is 106 Å². The Morgan fingerprint density at radius 1 is 1.20 bits per heavy atom. The number of hydrogen-bond donors (Lipinski definition) is 0. The Morgan fingerprint density at radius 3 is 2.80 bits per heavy atom. The van der Waals surface area contributed by atoms with Crippen molar-refractivity contribution >= 4 is 23.3 Å². The van der Waals surface area contributed by atoms with Crippen molar-refractivity contribution in [2.45, 2.75) is 32.4 Å². The molecule has 0 atom stereocenters. The highest BCUT2D eigenvalue weighted by Crippen LogP contribution is 2.19. The van der Waals surface area contributed by atoms with Crippen molar-refractivity contribution in [2.75, 3.05) is 13.2 Å². The fourth-order valence-electron chi connectivity index (χ4n) is 2.48. The molecule has 25 heavy (non-hydrogen) atoms. The number of nitrogens with zero attached hydrogens (tertiary/aromatic N) is 4. The first-order chi connectivity index (χ1) is 12.3. The monoisotopic (exact) mass is 344 g/mol. The highest BCUT2D eigenvalue weighted by Gasteiger charge is 2.09. The Labute approximate surface area is 145 Å². The maximum Gasteiger partial charge on any atom is 0.510 e. The van der Waals surface area contributed by atoms with Crippen LogP contribution < -0.4 is 0 Å². The van der Waals surface area contributed by atoms with Crippen molar-refractivity contribution in [2.24, 2.45) is 5.11 Å². The molecule has 0 N–H and O–H groups in total. The van der Waals surface area contributed by atoms with E-state index in [1.807, 2.05) is 24.3 Å². The minimum Gasteiger partial charge on any atom is -0.434 e. The number of aldehydes is 1. The number of para-hydroxylation sites is 1. The molecule has 1 aromatic heterocycles. The van der Waals surface area contributed by atoms with Crippen LogP contribution in [0.15, 0.2) is 35.6 Å². The van der Waals surface area contributed by atoms with Crippen LogP contribution in [0.2, 0.25) is 0 Å². The summed E-state index contributed by atoms with van der Waals surface area (Å²) in [6, 6.07) is 7.40. The lowest BCUT2D eigenvalue weighted by Crippen LogP contribution is -2.11. The molecule has 0 bridgehead atoms. The van der Waals surface area contributed by atoms with Gasteiger partial charge >= 0.3 is 6.16 Å². The Morgan fingerprint density at radius 2 is 2.00 bits per heavy atom. The zero-order valence-electron chi connectivity index (χ0n) is 13.8. The van der Waals surface area contributed by atoms with Gasteiger partial charge in [-0.3, -0.25) is 4.79 Å². The minimum atomic E-state index is -0.737. The van der Waals surface area contributed by atoms with Crippen molar-refractivity contribution in [3.63, 3.8) is 0 Å². The molecule has 132 valence electrons. The summed E-state index contributed by atoms with van der Waals surface area (Å²) in [6.45, 7) is 0.763. The Hall–Kier alpha value is -2.99. The molecule has 1 aromatic carbocycles. The van der Waals surface area contributed by atoms with E-state index < -0.39 is 6.16 Å². The second-order valence-electron chi connectivity index (χ2n) is 5.43. The van der Waals surface area contributed by atoms with Crippen LogP contribution in [-0.2, 0) is 16.2 Å². The van der Waals surface area contributed by atoms with Crippen molar-refractivity contribution in [1.29, 1.82) is 0 Å². The van der Waals surface area contributed by atoms with Crippen LogP contribution >= 0.6 is 0 Å². The Bertz CT molecular complexity index is 765. The number of fused-ring (bicyclic) bond motifs is 1. The summed E-state index contributed by atoms with van der Waals surface area (Å²) in [5.74, 6) is 0. The second kappa shape index (κ2) is 10.00. The zero-order valence-corrected chi connectivity index (χ0v) is 13.8. The Kier molecular flexibility index (Phi) is 7.34. The largest absolute Gasteiger partial charge is 0.510 e. The first kappa shape index (κ1) is 18.4. The van der Waals surface area contributed by atoms with E-state index in [2.05, 4.69) is 10.0 Å². The molecule has 2 aromatic rings. The molecular formula is C17H20N4O4. The van der Waals surface area contributed by atoms with Crippen LogP contribution in [0.3, 0.4) is 0 Å². The van der Waals surface area contributed by atoms with E-state index in [0.29, 0.717) is 12.1 Å². The number of carbonyl (C=O) groups is 2. The number of azide groups is 1. The summed E-state index contributed by atoms with van der Waals surface area (Å²) in [5.41, 5.74) is 9.51. The quantitative estimate of drug-likeness (QED) is 0.159. The third kappa shape index (κ3) is 5.54. The highest BCUT2D eigenvalue weighted by molar-refractivity contribution is 5.97. The van der Waals surface area contributed by atoms with E-state index in [0.717, 1.165) is 42.9 Å². The van der Waals surface area contributed by atoms with E-state index in [1.54, 1.807) is 10.8 Å². The first-order valence-electron chi connectivity index (χ1n) is 8.09. The molecule has 2 rings (SSSR count). The molecule has 0 unspecified atom stereocenters. The lowest BCUT2D eigenvalue weighted by atomic mass is 10.2. The fraction of sp³-hybridized carbons (Fsp3) is 0.412. The number of carbonyl (C=O) groups excluding carboxylic acids is 2. The van der Waals surface area contributed by atoms with Gasteiger partial charge in [-0.25, -0.2) is 4.79 Å². The number of hydrogen-bond acceptors (Lipinski definition) is 5. The van der Waals surface area contributed by atoms with Gasteiger partial charge in [-0.1, -0.05) is 36.2 Å². The smallest absolute Gasteiger partial charge is 0.434 e. The van der Waals surface area contributed by atoms with E-state index in [-0.39, 0.29) is 13.3 Å². The molecule has 0 aliphatic rings. The molecule has 0 aliphatic carbocycles. The minimum absolute atomic E-state index is 0.0145. The fourth-order valence-corrected chi connectivity index (χ4v) is 2.48. The van der Waals surface area contributed by atoms with E-state index >= 15 is 0 Å². The van der Waals surface area contributed by atoms with Crippen LogP contribution in [0.5, 0.6) is 0 Å². The van der Waals surface area contributed by atoms with Crippen molar-refractivity contribution in [1.82, 2.24) is 4.57 Å². The average molecular weight is 344 g/mol. The van der Waals surface area contributed by atoms with Crippen molar-refractivity contribution in [3.05, 3.63) is 46.5 Å². The van der Waals surface area contributed by atoms with Gasteiger partial charge < -0.3 is 14.0 Å². The summed E-state index contributed by atoms with van der Waals surface area (Å²) in [4.78, 5) is 25.4. The normalized spacial score (nSPS) is 10.2. The van der Waals surface area contributed by atoms with E-state index in [4.69, 9.17) is 15.0 Å². The number of ether oxygens (including phenoxy) is 2. The SMILES string of the molecule is [N-]=[N+]=NCCCCCCOC(=O)OCn1cc(C=O)c2ccccc21. The number of aromatic nitrogens is 1. The maximum absolute atomic E-state index is 11.6. The van der Waals surface area contributed by atoms with Crippen LogP contribution in [0.4, 0.5) is 4.79 Å². The molecule has 1 heterocycles. The molecule has 8 nitrogen and oxygen atoms in total. The number of unbranched alkanes of at least 4 members (excludes halogenated alkanes) is 3. The third-order valence-electron chi connectivity index (χ3n) is 3.70. The van der Waals surface area contributed by atoms with Crippen LogP contribution in [0.25, 0.3) is 21.3 Å². The molecule has 0 fully saturated rings. The number of rotatable bonds is 10. The molecule has 0 radical (unpaired) electrons. The van der Waals surface area contributed by atoms with Crippen LogP contribution in [0, 0.1) is 0 Å². The molecule has 0 spiro atoms. The molecular weight excluding hydrogens is 324 g/mol. The summed E-state index contributed by atoms with van der Waals surface area (Å²) in [6.07, 6.45) is 5.05. The van der Waals surface area contributed by atoms with Gasteiger partial charge in [-0.05, 0) is 24.4 Å². The third-order valence-corrected chi connectivity index (χ3v) is 3.70. The van der Waals surface area contributed by atoms with Gasteiger partial charge in [0.25, 0.3) is 0 Å².